The zero-order valence-corrected chi connectivity index (χ0v) is 18.3. The van der Waals surface area contributed by atoms with Gasteiger partial charge in [0.15, 0.2) is 5.96 Å². The molecule has 0 saturated carbocycles. The largest absolute Gasteiger partial charge is 0.496 e. The average Bonchev–Trinajstić information content (AvgIpc) is 3.12. The van der Waals surface area contributed by atoms with Gasteiger partial charge >= 0.3 is 0 Å². The maximum atomic E-state index is 5.38. The van der Waals surface area contributed by atoms with Gasteiger partial charge < -0.3 is 20.3 Å². The zero-order chi connectivity index (χ0) is 17.4. The summed E-state index contributed by atoms with van der Waals surface area (Å²) in [7, 11) is 7.66. The Balaban J connectivity index is 0.00000312. The predicted octanol–water partition coefficient (Wildman–Crippen LogP) is 3.34. The molecule has 25 heavy (non-hydrogen) atoms. The van der Waals surface area contributed by atoms with Crippen molar-refractivity contribution in [3.8, 4) is 5.75 Å². The highest BCUT2D eigenvalue weighted by atomic mass is 127. The summed E-state index contributed by atoms with van der Waals surface area (Å²) >= 11 is 1.78. The molecule has 0 radical (unpaired) electrons. The van der Waals surface area contributed by atoms with Gasteiger partial charge in [0.25, 0.3) is 0 Å². The molecule has 0 bridgehead atoms. The van der Waals surface area contributed by atoms with Crippen LogP contribution < -0.4 is 15.4 Å². The van der Waals surface area contributed by atoms with Crippen molar-refractivity contribution < 1.29 is 4.74 Å². The molecule has 0 spiro atoms. The molecular weight excluding hydrogens is 447 g/mol. The molecule has 0 amide bonds. The van der Waals surface area contributed by atoms with Gasteiger partial charge in [-0.15, -0.1) is 35.3 Å². The first-order valence-corrected chi connectivity index (χ1v) is 8.80. The molecule has 2 rings (SSSR count). The Hall–Kier alpha value is -1.32. The van der Waals surface area contributed by atoms with Gasteiger partial charge in [0.05, 0.1) is 13.2 Å². The molecule has 138 valence electrons. The van der Waals surface area contributed by atoms with Gasteiger partial charge in [-0.3, -0.25) is 4.99 Å². The SMILES string of the molecule is CN=C(NCc1ccccc1OC)NCC(c1cccs1)N(C)C.I. The van der Waals surface area contributed by atoms with Gasteiger partial charge in [-0.1, -0.05) is 24.3 Å². The summed E-state index contributed by atoms with van der Waals surface area (Å²) in [4.78, 5) is 7.86. The summed E-state index contributed by atoms with van der Waals surface area (Å²) in [6, 6.07) is 12.6. The maximum absolute atomic E-state index is 5.38. The van der Waals surface area contributed by atoms with Gasteiger partial charge in [0.2, 0.25) is 0 Å². The Morgan fingerprint density at radius 3 is 2.56 bits per heavy atom. The van der Waals surface area contributed by atoms with Gasteiger partial charge in [0.1, 0.15) is 5.75 Å². The lowest BCUT2D eigenvalue weighted by molar-refractivity contribution is 0.302. The summed E-state index contributed by atoms with van der Waals surface area (Å²) < 4.78 is 5.38. The monoisotopic (exact) mass is 474 g/mol. The minimum atomic E-state index is 0. The van der Waals surface area contributed by atoms with Crippen LogP contribution in [0.25, 0.3) is 0 Å². The van der Waals surface area contributed by atoms with Crippen molar-refractivity contribution in [3.63, 3.8) is 0 Å². The number of methoxy groups -OCH3 is 1. The fraction of sp³-hybridized carbons (Fsp3) is 0.389. The lowest BCUT2D eigenvalue weighted by Gasteiger charge is -2.24. The van der Waals surface area contributed by atoms with E-state index in [1.807, 2.05) is 24.3 Å². The number of nitrogens with zero attached hydrogens (tertiary/aromatic N) is 2. The van der Waals surface area contributed by atoms with Gasteiger partial charge in [-0.05, 0) is 31.6 Å². The van der Waals surface area contributed by atoms with Gasteiger partial charge in [-0.25, -0.2) is 0 Å². The van der Waals surface area contributed by atoms with E-state index >= 15 is 0 Å². The number of hydrogen-bond donors (Lipinski definition) is 2. The highest BCUT2D eigenvalue weighted by Gasteiger charge is 2.15. The molecular formula is C18H27IN4OS. The molecule has 5 nitrogen and oxygen atoms in total. The molecule has 0 aliphatic carbocycles. The highest BCUT2D eigenvalue weighted by molar-refractivity contribution is 14.0. The topological polar surface area (TPSA) is 48.9 Å². The quantitative estimate of drug-likeness (QED) is 0.367. The molecule has 2 aromatic rings. The number of halogens is 1. The van der Waals surface area contributed by atoms with Gasteiger partial charge in [0, 0.05) is 30.6 Å². The Morgan fingerprint density at radius 2 is 1.96 bits per heavy atom. The molecule has 2 N–H and O–H groups in total. The Kier molecular flexibility index (Phi) is 9.84. The van der Waals surface area contributed by atoms with Crippen LogP contribution in [0.5, 0.6) is 5.75 Å². The number of likely N-dealkylation sites (N-methyl/N-ethyl adjacent to an activating group) is 1. The van der Waals surface area contributed by atoms with Crippen molar-refractivity contribution in [2.45, 2.75) is 12.6 Å². The van der Waals surface area contributed by atoms with Crippen LogP contribution in [0.4, 0.5) is 0 Å². The van der Waals surface area contributed by atoms with Crippen molar-refractivity contribution in [3.05, 3.63) is 52.2 Å². The number of rotatable bonds is 7. The van der Waals surface area contributed by atoms with E-state index in [-0.39, 0.29) is 24.0 Å². The molecule has 0 aliphatic heterocycles. The van der Waals surface area contributed by atoms with Crippen LogP contribution in [0.2, 0.25) is 0 Å². The second kappa shape index (κ2) is 11.3. The fourth-order valence-electron chi connectivity index (χ4n) is 2.46. The van der Waals surface area contributed by atoms with Crippen molar-refractivity contribution >= 4 is 41.3 Å². The van der Waals surface area contributed by atoms with Crippen LogP contribution in [0, 0.1) is 0 Å². The maximum Gasteiger partial charge on any atom is 0.191 e. The number of aliphatic imine (C=N–C) groups is 1. The van der Waals surface area contributed by atoms with Crippen molar-refractivity contribution in [1.29, 1.82) is 0 Å². The fourth-order valence-corrected chi connectivity index (χ4v) is 3.38. The molecule has 1 aromatic heterocycles. The summed E-state index contributed by atoms with van der Waals surface area (Å²) in [5, 5.41) is 8.87. The van der Waals surface area contributed by atoms with E-state index in [0.717, 1.165) is 23.8 Å². The molecule has 1 atom stereocenters. The molecule has 0 saturated heterocycles. The first-order chi connectivity index (χ1) is 11.7. The third kappa shape index (κ3) is 6.48. The Bertz CT molecular complexity index is 646. The van der Waals surface area contributed by atoms with Crippen molar-refractivity contribution in [2.24, 2.45) is 4.99 Å². The van der Waals surface area contributed by atoms with Crippen LogP contribution >= 0.6 is 35.3 Å². The summed E-state index contributed by atoms with van der Waals surface area (Å²) in [6.45, 7) is 1.45. The number of ether oxygens (including phenoxy) is 1. The predicted molar refractivity (Wildman–Crippen MR) is 117 cm³/mol. The van der Waals surface area contributed by atoms with E-state index < -0.39 is 0 Å². The summed E-state index contributed by atoms with van der Waals surface area (Å²) in [5.74, 6) is 1.66. The summed E-state index contributed by atoms with van der Waals surface area (Å²) in [5.41, 5.74) is 1.10. The number of guanidine groups is 1. The van der Waals surface area contributed by atoms with Crippen LogP contribution in [0.1, 0.15) is 16.5 Å². The number of nitrogens with one attached hydrogen (secondary N) is 2. The third-order valence-corrected chi connectivity index (χ3v) is 4.79. The molecule has 0 fully saturated rings. The molecule has 1 unspecified atom stereocenters. The van der Waals surface area contributed by atoms with E-state index in [0.29, 0.717) is 12.6 Å². The van der Waals surface area contributed by atoms with Crippen molar-refractivity contribution in [1.82, 2.24) is 15.5 Å². The van der Waals surface area contributed by atoms with E-state index in [4.69, 9.17) is 4.74 Å². The Morgan fingerprint density at radius 1 is 1.20 bits per heavy atom. The highest BCUT2D eigenvalue weighted by Crippen LogP contribution is 2.22. The minimum Gasteiger partial charge on any atom is -0.496 e. The second-order valence-electron chi connectivity index (χ2n) is 5.61. The second-order valence-corrected chi connectivity index (χ2v) is 6.59. The average molecular weight is 474 g/mol. The molecule has 7 heteroatoms. The van der Waals surface area contributed by atoms with E-state index in [2.05, 4.69) is 52.1 Å². The Labute approximate surface area is 171 Å². The first kappa shape index (κ1) is 21.7. The van der Waals surface area contributed by atoms with Crippen LogP contribution in [-0.2, 0) is 6.54 Å². The zero-order valence-electron chi connectivity index (χ0n) is 15.2. The minimum absolute atomic E-state index is 0. The normalized spacial score (nSPS) is 12.4. The van der Waals surface area contributed by atoms with E-state index in [9.17, 15) is 0 Å². The number of benzene rings is 1. The van der Waals surface area contributed by atoms with Crippen LogP contribution in [0.15, 0.2) is 46.8 Å². The molecule has 0 aliphatic rings. The molecule has 1 heterocycles. The number of thiophene rings is 1. The van der Waals surface area contributed by atoms with Gasteiger partial charge in [-0.2, -0.15) is 0 Å². The van der Waals surface area contributed by atoms with E-state index in [1.165, 1.54) is 4.88 Å². The lowest BCUT2D eigenvalue weighted by atomic mass is 10.2. The lowest BCUT2D eigenvalue weighted by Crippen LogP contribution is -2.41. The number of hydrogen-bond acceptors (Lipinski definition) is 4. The smallest absolute Gasteiger partial charge is 0.191 e. The van der Waals surface area contributed by atoms with Crippen LogP contribution in [0.3, 0.4) is 0 Å². The summed E-state index contributed by atoms with van der Waals surface area (Å²) in [6.07, 6.45) is 0. The number of para-hydroxylation sites is 1. The molecule has 1 aromatic carbocycles. The van der Waals surface area contributed by atoms with Crippen LogP contribution in [-0.4, -0.2) is 45.7 Å². The van der Waals surface area contributed by atoms with E-state index in [1.54, 1.807) is 25.5 Å². The first-order valence-electron chi connectivity index (χ1n) is 7.92. The third-order valence-electron chi connectivity index (χ3n) is 3.82. The van der Waals surface area contributed by atoms with Crippen molar-refractivity contribution in [2.75, 3.05) is 34.8 Å². The standard InChI is InChI=1S/C18H26N4OS.HI/c1-19-18(20-12-14-8-5-6-9-16(14)23-4)21-13-15(22(2)3)17-10-7-11-24-17;/h5-11,15H,12-13H2,1-4H3,(H2,19,20,21);1H.